The summed E-state index contributed by atoms with van der Waals surface area (Å²) in [4.78, 5) is 15.1. The monoisotopic (exact) mass is 389 g/mol. The van der Waals surface area contributed by atoms with Gasteiger partial charge in [0.1, 0.15) is 17.3 Å². The Bertz CT molecular complexity index is 1050. The van der Waals surface area contributed by atoms with E-state index in [2.05, 4.69) is 19.9 Å². The van der Waals surface area contributed by atoms with Gasteiger partial charge in [0.05, 0.1) is 30.9 Å². The number of ether oxygens (including phenoxy) is 1. The Morgan fingerprint density at radius 3 is 2.55 bits per heavy atom. The molecule has 2 heterocycles. The molecule has 0 radical (unpaired) electrons. The third-order valence-electron chi connectivity index (χ3n) is 5.54. The van der Waals surface area contributed by atoms with E-state index in [0.29, 0.717) is 35.6 Å². The number of nitrogens with two attached hydrogens (primary N) is 1. The molecule has 0 spiro atoms. The van der Waals surface area contributed by atoms with Gasteiger partial charge in [0, 0.05) is 23.4 Å². The minimum atomic E-state index is -0.580. The Morgan fingerprint density at radius 1 is 1.24 bits per heavy atom. The average molecular weight is 389 g/mol. The Balaban J connectivity index is 1.96. The van der Waals surface area contributed by atoms with Crippen molar-refractivity contribution in [2.45, 2.75) is 32.6 Å². The summed E-state index contributed by atoms with van der Waals surface area (Å²) in [5, 5.41) is 9.95. The number of carbonyl (C=O) groups is 1. The van der Waals surface area contributed by atoms with Crippen molar-refractivity contribution >= 4 is 11.5 Å². The first-order valence-corrected chi connectivity index (χ1v) is 9.50. The molecule has 1 aliphatic carbocycles. The fraction of sp³-hybridized carbons (Fsp3) is 0.304. The second kappa shape index (κ2) is 6.85. The molecule has 2 N–H and O–H groups in total. The summed E-state index contributed by atoms with van der Waals surface area (Å²) >= 11 is 0. The minimum Gasteiger partial charge on any atom is -0.497 e. The van der Waals surface area contributed by atoms with Crippen molar-refractivity contribution in [3.05, 3.63) is 71.1 Å². The number of nitriles is 1. The van der Waals surface area contributed by atoms with E-state index < -0.39 is 5.92 Å². The van der Waals surface area contributed by atoms with Crippen LogP contribution in [-0.4, -0.2) is 12.9 Å². The van der Waals surface area contributed by atoms with Gasteiger partial charge in [-0.3, -0.25) is 9.69 Å². The number of carbonyl (C=O) groups excluding carboxylic acids is 1. The summed E-state index contributed by atoms with van der Waals surface area (Å²) < 4.78 is 10.9. The van der Waals surface area contributed by atoms with E-state index in [-0.39, 0.29) is 11.2 Å². The van der Waals surface area contributed by atoms with E-state index in [1.54, 1.807) is 25.5 Å². The molecule has 2 aliphatic rings. The standard InChI is InChI=1S/C23H23N3O3/c1-23(2)11-17-21(18(27)12-23)20(19-5-4-10-29-19)16(13-24)22(25)26(17)14-6-8-15(28-3)9-7-14/h4-10,20H,11-12,25H2,1-3H3. The topological polar surface area (TPSA) is 92.5 Å². The lowest BCUT2D eigenvalue weighted by Crippen LogP contribution is -2.42. The number of ketones is 1. The highest BCUT2D eigenvalue weighted by atomic mass is 16.5. The molecule has 1 atom stereocenters. The third kappa shape index (κ3) is 3.09. The van der Waals surface area contributed by atoms with Gasteiger partial charge in [0.25, 0.3) is 0 Å². The molecular weight excluding hydrogens is 366 g/mol. The Morgan fingerprint density at radius 2 is 1.97 bits per heavy atom. The molecule has 148 valence electrons. The predicted octanol–water partition coefficient (Wildman–Crippen LogP) is 4.23. The third-order valence-corrected chi connectivity index (χ3v) is 5.54. The number of nitrogens with zero attached hydrogens (tertiary/aromatic N) is 2. The summed E-state index contributed by atoms with van der Waals surface area (Å²) in [6.07, 6.45) is 2.63. The van der Waals surface area contributed by atoms with Gasteiger partial charge in [-0.2, -0.15) is 5.26 Å². The molecule has 0 saturated heterocycles. The van der Waals surface area contributed by atoms with Crippen molar-refractivity contribution in [1.29, 1.82) is 5.26 Å². The van der Waals surface area contributed by atoms with Gasteiger partial charge in [-0.05, 0) is 48.2 Å². The summed E-state index contributed by atoms with van der Waals surface area (Å²) in [7, 11) is 1.61. The highest BCUT2D eigenvalue weighted by molar-refractivity contribution is 6.01. The largest absolute Gasteiger partial charge is 0.497 e. The van der Waals surface area contributed by atoms with E-state index in [1.807, 2.05) is 29.2 Å². The van der Waals surface area contributed by atoms with Crippen LogP contribution in [0, 0.1) is 16.7 Å². The molecule has 4 rings (SSSR count). The number of hydrogen-bond acceptors (Lipinski definition) is 6. The molecule has 29 heavy (non-hydrogen) atoms. The van der Waals surface area contributed by atoms with Gasteiger partial charge in [-0.15, -0.1) is 0 Å². The first kappa shape index (κ1) is 18.9. The van der Waals surface area contributed by atoms with Gasteiger partial charge >= 0.3 is 0 Å². The van der Waals surface area contributed by atoms with Gasteiger partial charge in [0.2, 0.25) is 0 Å². The highest BCUT2D eigenvalue weighted by Gasteiger charge is 2.45. The van der Waals surface area contributed by atoms with E-state index >= 15 is 0 Å². The summed E-state index contributed by atoms with van der Waals surface area (Å²) in [6, 6.07) is 13.2. The van der Waals surface area contributed by atoms with Crippen LogP contribution in [0.25, 0.3) is 0 Å². The van der Waals surface area contributed by atoms with Crippen molar-refractivity contribution in [2.24, 2.45) is 11.1 Å². The van der Waals surface area contributed by atoms with E-state index in [0.717, 1.165) is 17.1 Å². The fourth-order valence-corrected chi connectivity index (χ4v) is 4.28. The van der Waals surface area contributed by atoms with Crippen LogP contribution in [-0.2, 0) is 4.79 Å². The average Bonchev–Trinajstić information content (AvgIpc) is 3.21. The zero-order valence-electron chi connectivity index (χ0n) is 16.7. The number of methoxy groups -OCH3 is 1. The zero-order valence-corrected chi connectivity index (χ0v) is 16.7. The van der Waals surface area contributed by atoms with Crippen molar-refractivity contribution in [3.8, 4) is 11.8 Å². The lowest BCUT2D eigenvalue weighted by molar-refractivity contribution is -0.118. The maximum atomic E-state index is 13.3. The van der Waals surface area contributed by atoms with Crippen LogP contribution in [0.3, 0.4) is 0 Å². The Labute approximate surface area is 169 Å². The van der Waals surface area contributed by atoms with E-state index in [4.69, 9.17) is 14.9 Å². The Hall–Kier alpha value is -3.46. The summed E-state index contributed by atoms with van der Waals surface area (Å²) in [5.41, 5.74) is 8.86. The van der Waals surface area contributed by atoms with Crippen molar-refractivity contribution in [3.63, 3.8) is 0 Å². The summed E-state index contributed by atoms with van der Waals surface area (Å²) in [5.74, 6) is 1.04. The molecule has 6 nitrogen and oxygen atoms in total. The SMILES string of the molecule is COc1ccc(N2C(N)=C(C#N)C(c3ccco3)C3=C2CC(C)(C)CC3=O)cc1. The maximum absolute atomic E-state index is 13.3. The van der Waals surface area contributed by atoms with Crippen molar-refractivity contribution in [1.82, 2.24) is 0 Å². The molecule has 1 unspecified atom stereocenters. The molecule has 1 aromatic heterocycles. The van der Waals surface area contributed by atoms with E-state index in [1.165, 1.54) is 0 Å². The number of furan rings is 1. The second-order valence-corrected chi connectivity index (χ2v) is 8.19. The highest BCUT2D eigenvalue weighted by Crippen LogP contribution is 2.50. The van der Waals surface area contributed by atoms with Crippen LogP contribution in [0.4, 0.5) is 5.69 Å². The molecule has 2 aromatic rings. The molecule has 6 heteroatoms. The number of rotatable bonds is 3. The van der Waals surface area contributed by atoms with Crippen molar-refractivity contribution in [2.75, 3.05) is 12.0 Å². The van der Waals surface area contributed by atoms with Crippen LogP contribution in [0.1, 0.15) is 38.4 Å². The molecule has 0 bridgehead atoms. The second-order valence-electron chi connectivity index (χ2n) is 8.19. The molecule has 0 saturated carbocycles. The van der Waals surface area contributed by atoms with E-state index in [9.17, 15) is 10.1 Å². The summed E-state index contributed by atoms with van der Waals surface area (Å²) in [6.45, 7) is 4.14. The molecule has 0 amide bonds. The lowest BCUT2D eigenvalue weighted by Gasteiger charge is -2.43. The van der Waals surface area contributed by atoms with Crippen LogP contribution >= 0.6 is 0 Å². The maximum Gasteiger partial charge on any atom is 0.162 e. The fourth-order valence-electron chi connectivity index (χ4n) is 4.28. The van der Waals surface area contributed by atoms with Crippen molar-refractivity contribution < 1.29 is 13.9 Å². The van der Waals surface area contributed by atoms with Gasteiger partial charge < -0.3 is 14.9 Å². The van der Waals surface area contributed by atoms with Crippen LogP contribution in [0.2, 0.25) is 0 Å². The van der Waals surface area contributed by atoms with Gasteiger partial charge in [-0.1, -0.05) is 13.8 Å². The first-order chi connectivity index (χ1) is 13.9. The predicted molar refractivity (Wildman–Crippen MR) is 109 cm³/mol. The molecule has 1 aliphatic heterocycles. The van der Waals surface area contributed by atoms with Crippen LogP contribution in [0.15, 0.2) is 69.7 Å². The van der Waals surface area contributed by atoms with Crippen LogP contribution < -0.4 is 15.4 Å². The number of anilines is 1. The zero-order chi connectivity index (χ0) is 20.8. The van der Waals surface area contributed by atoms with Gasteiger partial charge in [-0.25, -0.2) is 0 Å². The number of Topliss-reactive ketones (excluding diaryl/α,β-unsaturated/α-hetero) is 1. The smallest absolute Gasteiger partial charge is 0.162 e. The molecular formula is C23H23N3O3. The number of hydrogen-bond donors (Lipinski definition) is 1. The molecule has 0 fully saturated rings. The normalized spacial score (nSPS) is 21.1. The van der Waals surface area contributed by atoms with Gasteiger partial charge in [0.15, 0.2) is 5.78 Å². The van der Waals surface area contributed by atoms with Crippen LogP contribution in [0.5, 0.6) is 5.75 Å². The quantitative estimate of drug-likeness (QED) is 0.844. The number of allylic oxidation sites excluding steroid dienone is 3. The minimum absolute atomic E-state index is 0.0245. The molecule has 1 aromatic carbocycles. The lowest BCUT2D eigenvalue weighted by atomic mass is 9.69. The number of benzene rings is 1. The Kier molecular flexibility index (Phi) is 4.46. The first-order valence-electron chi connectivity index (χ1n) is 9.50.